The number of carbonyl (C=O) groups is 2. The molecule has 0 bridgehead atoms. The van der Waals surface area contributed by atoms with Crippen molar-refractivity contribution in [3.8, 4) is 0 Å². The summed E-state index contributed by atoms with van der Waals surface area (Å²) in [5.74, 6) is -0.191. The lowest BCUT2D eigenvalue weighted by molar-refractivity contribution is -0.117. The Hall–Kier alpha value is -3.18. The first-order valence-corrected chi connectivity index (χ1v) is 9.97. The fourth-order valence-corrected chi connectivity index (χ4v) is 4.08. The third-order valence-electron chi connectivity index (χ3n) is 5.52. The topological polar surface area (TPSA) is 54.3 Å². The molecule has 3 aromatic rings. The van der Waals surface area contributed by atoms with Gasteiger partial charge in [-0.2, -0.15) is 0 Å². The van der Waals surface area contributed by atoms with Gasteiger partial charge in [-0.15, -0.1) is 0 Å². The first kappa shape index (κ1) is 19.2. The summed E-state index contributed by atoms with van der Waals surface area (Å²) in [6.45, 7) is 1.21. The Morgan fingerprint density at radius 3 is 2.52 bits per heavy atom. The number of aryl methyl sites for hydroxylation is 1. The fourth-order valence-electron chi connectivity index (χ4n) is 4.08. The summed E-state index contributed by atoms with van der Waals surface area (Å²) >= 11 is 0. The SMILES string of the molecule is Cn1cccc1C1CCCN1CC(=O)Nc1ccccc1C(=O)c1ccccc1. The number of amides is 1. The maximum absolute atomic E-state index is 12.9. The third-order valence-corrected chi connectivity index (χ3v) is 5.52. The van der Waals surface area contributed by atoms with E-state index in [0.717, 1.165) is 19.4 Å². The van der Waals surface area contributed by atoms with Crippen LogP contribution in [0.4, 0.5) is 5.69 Å². The quantitative estimate of drug-likeness (QED) is 0.650. The van der Waals surface area contributed by atoms with Gasteiger partial charge in [0.05, 0.1) is 18.3 Å². The van der Waals surface area contributed by atoms with E-state index in [0.29, 0.717) is 23.4 Å². The lowest BCUT2D eigenvalue weighted by atomic mass is 10.0. The summed E-state index contributed by atoms with van der Waals surface area (Å²) in [6.07, 6.45) is 4.16. The first-order chi connectivity index (χ1) is 14.1. The van der Waals surface area contributed by atoms with Crippen molar-refractivity contribution in [3.63, 3.8) is 0 Å². The van der Waals surface area contributed by atoms with Crippen molar-refractivity contribution in [2.45, 2.75) is 18.9 Å². The Labute approximate surface area is 171 Å². The molecule has 0 radical (unpaired) electrons. The van der Waals surface area contributed by atoms with E-state index in [-0.39, 0.29) is 17.7 Å². The Bertz CT molecular complexity index is 1010. The summed E-state index contributed by atoms with van der Waals surface area (Å²) in [6, 6.07) is 20.7. The molecule has 1 N–H and O–H groups in total. The lowest BCUT2D eigenvalue weighted by Crippen LogP contribution is -2.33. The molecule has 2 heterocycles. The highest BCUT2D eigenvalue weighted by molar-refractivity contribution is 6.13. The molecule has 5 heteroatoms. The van der Waals surface area contributed by atoms with Gasteiger partial charge in [-0.1, -0.05) is 42.5 Å². The number of likely N-dealkylation sites (tertiary alicyclic amines) is 1. The minimum atomic E-state index is -0.0978. The van der Waals surface area contributed by atoms with Crippen LogP contribution in [-0.4, -0.2) is 34.2 Å². The van der Waals surface area contributed by atoms with Gasteiger partial charge in [-0.3, -0.25) is 14.5 Å². The summed E-state index contributed by atoms with van der Waals surface area (Å²) in [7, 11) is 2.04. The summed E-state index contributed by atoms with van der Waals surface area (Å²) in [5.41, 5.74) is 2.90. The Morgan fingerprint density at radius 2 is 1.76 bits per heavy atom. The average molecular weight is 387 g/mol. The third kappa shape index (κ3) is 4.15. The number of hydrogen-bond acceptors (Lipinski definition) is 3. The number of benzene rings is 2. The second-order valence-electron chi connectivity index (χ2n) is 7.46. The molecule has 1 unspecified atom stereocenters. The van der Waals surface area contributed by atoms with Gasteiger partial charge in [0, 0.05) is 30.1 Å². The molecule has 0 aliphatic carbocycles. The molecular formula is C24H25N3O2. The summed E-state index contributed by atoms with van der Waals surface area (Å²) in [5, 5.41) is 2.96. The van der Waals surface area contributed by atoms with Gasteiger partial charge in [0.2, 0.25) is 5.91 Å². The van der Waals surface area contributed by atoms with Crippen LogP contribution in [0.1, 0.15) is 40.5 Å². The molecule has 1 aliphatic heterocycles. The molecule has 0 saturated carbocycles. The molecule has 1 saturated heterocycles. The Balaban J connectivity index is 1.48. The van der Waals surface area contributed by atoms with Crippen molar-refractivity contribution in [2.75, 3.05) is 18.4 Å². The maximum atomic E-state index is 12.9. The molecule has 148 valence electrons. The first-order valence-electron chi connectivity index (χ1n) is 9.97. The molecule has 1 aromatic heterocycles. The highest BCUT2D eigenvalue weighted by atomic mass is 16.2. The summed E-state index contributed by atoms with van der Waals surface area (Å²) in [4.78, 5) is 27.9. The van der Waals surface area contributed by atoms with Gasteiger partial charge in [0.1, 0.15) is 0 Å². The molecule has 5 nitrogen and oxygen atoms in total. The van der Waals surface area contributed by atoms with Gasteiger partial charge in [0.15, 0.2) is 5.78 Å². The van der Waals surface area contributed by atoms with Crippen LogP contribution in [0.25, 0.3) is 0 Å². The molecule has 4 rings (SSSR count). The minimum absolute atomic E-state index is 0.0932. The van der Waals surface area contributed by atoms with Crippen LogP contribution in [0.2, 0.25) is 0 Å². The predicted molar refractivity (Wildman–Crippen MR) is 114 cm³/mol. The predicted octanol–water partition coefficient (Wildman–Crippen LogP) is 4.03. The number of hydrogen-bond donors (Lipinski definition) is 1. The number of anilines is 1. The van der Waals surface area contributed by atoms with Gasteiger partial charge < -0.3 is 9.88 Å². The highest BCUT2D eigenvalue weighted by Gasteiger charge is 2.29. The zero-order chi connectivity index (χ0) is 20.2. The molecule has 29 heavy (non-hydrogen) atoms. The van der Waals surface area contributed by atoms with Crippen molar-refractivity contribution in [1.29, 1.82) is 0 Å². The second-order valence-corrected chi connectivity index (χ2v) is 7.46. The van der Waals surface area contributed by atoms with E-state index in [9.17, 15) is 9.59 Å². The Kier molecular flexibility index (Phi) is 5.58. The number of ketones is 1. The van der Waals surface area contributed by atoms with E-state index >= 15 is 0 Å². The Morgan fingerprint density at radius 1 is 1.00 bits per heavy atom. The van der Waals surface area contributed by atoms with E-state index in [4.69, 9.17) is 0 Å². The second kappa shape index (κ2) is 8.45. The number of para-hydroxylation sites is 1. The highest BCUT2D eigenvalue weighted by Crippen LogP contribution is 2.31. The lowest BCUT2D eigenvalue weighted by Gasteiger charge is -2.24. The number of carbonyl (C=O) groups excluding carboxylic acids is 2. The molecule has 1 fully saturated rings. The van der Waals surface area contributed by atoms with Crippen LogP contribution in [0.3, 0.4) is 0 Å². The van der Waals surface area contributed by atoms with Crippen molar-refractivity contribution in [1.82, 2.24) is 9.47 Å². The average Bonchev–Trinajstić information content (AvgIpc) is 3.36. The molecule has 2 aromatic carbocycles. The number of rotatable bonds is 6. The fraction of sp³-hybridized carbons (Fsp3) is 0.250. The van der Waals surface area contributed by atoms with Gasteiger partial charge in [-0.25, -0.2) is 0 Å². The minimum Gasteiger partial charge on any atom is -0.353 e. The van der Waals surface area contributed by atoms with Crippen LogP contribution in [0.5, 0.6) is 0 Å². The monoisotopic (exact) mass is 387 g/mol. The molecule has 1 amide bonds. The van der Waals surface area contributed by atoms with Gasteiger partial charge in [0.25, 0.3) is 0 Å². The van der Waals surface area contributed by atoms with Crippen molar-refractivity contribution >= 4 is 17.4 Å². The van der Waals surface area contributed by atoms with E-state index in [1.54, 1.807) is 24.3 Å². The zero-order valence-corrected chi connectivity index (χ0v) is 16.5. The zero-order valence-electron chi connectivity index (χ0n) is 16.5. The molecule has 1 aliphatic rings. The van der Waals surface area contributed by atoms with Crippen LogP contribution >= 0.6 is 0 Å². The van der Waals surface area contributed by atoms with Crippen molar-refractivity contribution in [2.24, 2.45) is 7.05 Å². The van der Waals surface area contributed by atoms with Crippen LogP contribution < -0.4 is 5.32 Å². The smallest absolute Gasteiger partial charge is 0.238 e. The van der Waals surface area contributed by atoms with Crippen LogP contribution in [0.15, 0.2) is 72.9 Å². The van der Waals surface area contributed by atoms with Gasteiger partial charge in [-0.05, 0) is 43.7 Å². The molecular weight excluding hydrogens is 362 g/mol. The summed E-state index contributed by atoms with van der Waals surface area (Å²) < 4.78 is 2.12. The van der Waals surface area contributed by atoms with Crippen LogP contribution in [-0.2, 0) is 11.8 Å². The molecule has 0 spiro atoms. The number of aromatic nitrogens is 1. The number of nitrogens with zero attached hydrogens (tertiary/aromatic N) is 2. The number of nitrogens with one attached hydrogen (secondary N) is 1. The van der Waals surface area contributed by atoms with E-state index in [1.807, 2.05) is 49.6 Å². The maximum Gasteiger partial charge on any atom is 0.238 e. The van der Waals surface area contributed by atoms with E-state index < -0.39 is 0 Å². The normalized spacial score (nSPS) is 16.7. The standard InChI is InChI=1S/C24H25N3O2/c1-26-15-7-13-21(26)22-14-8-16-27(22)17-23(28)25-20-12-6-5-11-19(20)24(29)18-9-3-2-4-10-18/h2-7,9-13,15,22H,8,14,16-17H2,1H3,(H,25,28). The van der Waals surface area contributed by atoms with E-state index in [1.165, 1.54) is 5.69 Å². The van der Waals surface area contributed by atoms with Crippen molar-refractivity contribution < 1.29 is 9.59 Å². The largest absolute Gasteiger partial charge is 0.353 e. The van der Waals surface area contributed by atoms with Crippen LogP contribution in [0, 0.1) is 0 Å². The van der Waals surface area contributed by atoms with E-state index in [2.05, 4.69) is 20.9 Å². The molecule has 1 atom stereocenters. The van der Waals surface area contributed by atoms with Gasteiger partial charge >= 0.3 is 0 Å². The van der Waals surface area contributed by atoms with Crippen molar-refractivity contribution in [3.05, 3.63) is 89.7 Å².